The van der Waals surface area contributed by atoms with E-state index in [1.807, 2.05) is 31.2 Å². The summed E-state index contributed by atoms with van der Waals surface area (Å²) in [7, 11) is 0. The van der Waals surface area contributed by atoms with E-state index in [1.54, 1.807) is 24.3 Å². The maximum atomic E-state index is 12.6. The predicted octanol–water partition coefficient (Wildman–Crippen LogP) is 3.63. The Morgan fingerprint density at radius 2 is 1.96 bits per heavy atom. The van der Waals surface area contributed by atoms with Gasteiger partial charge in [-0.25, -0.2) is 0 Å². The van der Waals surface area contributed by atoms with Crippen molar-refractivity contribution in [1.29, 1.82) is 0 Å². The van der Waals surface area contributed by atoms with Gasteiger partial charge >= 0.3 is 0 Å². The van der Waals surface area contributed by atoms with E-state index >= 15 is 0 Å². The number of amides is 2. The molecule has 0 bridgehead atoms. The SMILES string of the molecule is CCOc1ccc(/C=C2\SC(=S)N(CC(=O)Nc3ccccc3O)C2=O)cc1. The van der Waals surface area contributed by atoms with E-state index < -0.39 is 5.91 Å². The van der Waals surface area contributed by atoms with E-state index in [9.17, 15) is 14.7 Å². The van der Waals surface area contributed by atoms with Gasteiger partial charge in [-0.15, -0.1) is 0 Å². The van der Waals surface area contributed by atoms with Crippen molar-refractivity contribution in [3.63, 3.8) is 0 Å². The number of ether oxygens (including phenoxy) is 1. The molecule has 144 valence electrons. The molecule has 1 aliphatic heterocycles. The lowest BCUT2D eigenvalue weighted by Crippen LogP contribution is -2.36. The van der Waals surface area contributed by atoms with Gasteiger partial charge in [0.2, 0.25) is 5.91 Å². The quantitative estimate of drug-likeness (QED) is 0.427. The minimum Gasteiger partial charge on any atom is -0.506 e. The average Bonchev–Trinajstić information content (AvgIpc) is 2.93. The van der Waals surface area contributed by atoms with Gasteiger partial charge in [-0.05, 0) is 42.8 Å². The second kappa shape index (κ2) is 8.90. The summed E-state index contributed by atoms with van der Waals surface area (Å²) in [6.07, 6.45) is 1.73. The lowest BCUT2D eigenvalue weighted by molar-refractivity contribution is -0.126. The normalized spacial score (nSPS) is 15.2. The molecule has 28 heavy (non-hydrogen) atoms. The van der Waals surface area contributed by atoms with Crippen molar-refractivity contribution in [2.24, 2.45) is 0 Å². The molecule has 8 heteroatoms. The first-order valence-electron chi connectivity index (χ1n) is 8.54. The van der Waals surface area contributed by atoms with E-state index in [2.05, 4.69) is 5.32 Å². The number of phenols is 1. The van der Waals surface area contributed by atoms with Gasteiger partial charge in [-0.1, -0.05) is 48.2 Å². The first-order valence-corrected chi connectivity index (χ1v) is 9.76. The Bertz CT molecular complexity index is 941. The number of phenolic OH excluding ortho intramolecular Hbond substituents is 1. The number of carbonyl (C=O) groups excluding carboxylic acids is 2. The lowest BCUT2D eigenvalue weighted by Gasteiger charge is -2.14. The van der Waals surface area contributed by atoms with Crippen LogP contribution in [0.3, 0.4) is 0 Å². The number of thioether (sulfide) groups is 1. The van der Waals surface area contributed by atoms with E-state index in [0.29, 0.717) is 15.8 Å². The molecule has 2 aromatic rings. The second-order valence-electron chi connectivity index (χ2n) is 5.84. The molecule has 3 rings (SSSR count). The molecule has 0 aromatic heterocycles. The highest BCUT2D eigenvalue weighted by Gasteiger charge is 2.33. The fourth-order valence-electron chi connectivity index (χ4n) is 2.53. The summed E-state index contributed by atoms with van der Waals surface area (Å²) in [6.45, 7) is 2.27. The van der Waals surface area contributed by atoms with E-state index in [1.165, 1.54) is 11.0 Å². The number of benzene rings is 2. The molecule has 2 N–H and O–H groups in total. The summed E-state index contributed by atoms with van der Waals surface area (Å²) >= 11 is 6.40. The molecule has 0 radical (unpaired) electrons. The Hall–Kier alpha value is -2.84. The Labute approximate surface area is 172 Å². The average molecular weight is 415 g/mol. The van der Waals surface area contributed by atoms with Crippen LogP contribution < -0.4 is 10.1 Å². The van der Waals surface area contributed by atoms with Crippen molar-refractivity contribution in [3.8, 4) is 11.5 Å². The summed E-state index contributed by atoms with van der Waals surface area (Å²) < 4.78 is 5.72. The van der Waals surface area contributed by atoms with Crippen LogP contribution in [0.4, 0.5) is 5.69 Å². The predicted molar refractivity (Wildman–Crippen MR) is 114 cm³/mol. The van der Waals surface area contributed by atoms with Gasteiger partial charge in [-0.2, -0.15) is 0 Å². The number of thiocarbonyl (C=S) groups is 1. The number of nitrogens with one attached hydrogen (secondary N) is 1. The third-order valence-electron chi connectivity index (χ3n) is 3.84. The molecule has 1 aliphatic rings. The zero-order valence-electron chi connectivity index (χ0n) is 15.0. The van der Waals surface area contributed by atoms with Gasteiger partial charge in [-0.3, -0.25) is 14.5 Å². The van der Waals surface area contributed by atoms with E-state index in [4.69, 9.17) is 17.0 Å². The summed E-state index contributed by atoms with van der Waals surface area (Å²) in [5.41, 5.74) is 1.12. The molecule has 0 spiro atoms. The molecule has 2 amide bonds. The Morgan fingerprint density at radius 1 is 1.25 bits per heavy atom. The van der Waals surface area contributed by atoms with Crippen molar-refractivity contribution in [3.05, 3.63) is 59.0 Å². The van der Waals surface area contributed by atoms with E-state index in [0.717, 1.165) is 23.1 Å². The van der Waals surface area contributed by atoms with Crippen molar-refractivity contribution < 1.29 is 19.4 Å². The number of hydrogen-bond donors (Lipinski definition) is 2. The van der Waals surface area contributed by atoms with Crippen LogP contribution >= 0.6 is 24.0 Å². The van der Waals surface area contributed by atoms with Crippen LogP contribution in [-0.2, 0) is 9.59 Å². The van der Waals surface area contributed by atoms with E-state index in [-0.39, 0.29) is 23.9 Å². The molecule has 0 atom stereocenters. The van der Waals surface area contributed by atoms with Crippen LogP contribution in [-0.4, -0.2) is 39.3 Å². The second-order valence-corrected chi connectivity index (χ2v) is 7.51. The zero-order valence-corrected chi connectivity index (χ0v) is 16.7. The number of nitrogens with zero attached hydrogens (tertiary/aromatic N) is 1. The first-order chi connectivity index (χ1) is 13.5. The first kappa shape index (κ1) is 19.9. The molecular formula is C20H18N2O4S2. The zero-order chi connectivity index (χ0) is 20.1. The maximum absolute atomic E-state index is 12.6. The smallest absolute Gasteiger partial charge is 0.266 e. The number of carbonyl (C=O) groups is 2. The Morgan fingerprint density at radius 3 is 2.64 bits per heavy atom. The monoisotopic (exact) mass is 414 g/mol. The largest absolute Gasteiger partial charge is 0.506 e. The molecular weight excluding hydrogens is 396 g/mol. The topological polar surface area (TPSA) is 78.9 Å². The van der Waals surface area contributed by atoms with Crippen LogP contribution in [0.25, 0.3) is 6.08 Å². The highest BCUT2D eigenvalue weighted by Crippen LogP contribution is 2.32. The third-order valence-corrected chi connectivity index (χ3v) is 5.22. The highest BCUT2D eigenvalue weighted by molar-refractivity contribution is 8.26. The summed E-state index contributed by atoms with van der Waals surface area (Å²) in [5, 5.41) is 12.3. The van der Waals surface area contributed by atoms with Crippen molar-refractivity contribution in [1.82, 2.24) is 4.90 Å². The number of hydrogen-bond acceptors (Lipinski definition) is 6. The number of anilines is 1. The van der Waals surface area contributed by atoms with Crippen molar-refractivity contribution in [2.45, 2.75) is 6.92 Å². The van der Waals surface area contributed by atoms with Gasteiger partial charge in [0.25, 0.3) is 5.91 Å². The number of rotatable bonds is 6. The van der Waals surface area contributed by atoms with Crippen LogP contribution in [0.1, 0.15) is 12.5 Å². The van der Waals surface area contributed by atoms with Crippen molar-refractivity contribution in [2.75, 3.05) is 18.5 Å². The molecule has 0 aliphatic carbocycles. The third kappa shape index (κ3) is 4.71. The number of para-hydroxylation sites is 2. The van der Waals surface area contributed by atoms with Crippen molar-refractivity contribution >= 4 is 51.9 Å². The molecule has 1 saturated heterocycles. The highest BCUT2D eigenvalue weighted by atomic mass is 32.2. The van der Waals surface area contributed by atoms with Crippen LogP contribution in [0, 0.1) is 0 Å². The molecule has 0 unspecified atom stereocenters. The van der Waals surface area contributed by atoms with Gasteiger partial charge < -0.3 is 15.2 Å². The van der Waals surface area contributed by atoms with Gasteiger partial charge in [0.1, 0.15) is 22.4 Å². The Kier molecular flexibility index (Phi) is 6.33. The van der Waals surface area contributed by atoms with Gasteiger partial charge in [0, 0.05) is 0 Å². The Balaban J connectivity index is 1.67. The standard InChI is InChI=1S/C20H18N2O4S2/c1-2-26-14-9-7-13(8-10-14)11-17-19(25)22(20(27)28-17)12-18(24)21-15-5-3-4-6-16(15)23/h3-11,23H,2,12H2,1H3,(H,21,24)/b17-11-. The summed E-state index contributed by atoms with van der Waals surface area (Å²) in [6, 6.07) is 13.7. The fraction of sp³-hybridized carbons (Fsp3) is 0.150. The fourth-order valence-corrected chi connectivity index (χ4v) is 3.78. The minimum atomic E-state index is -0.444. The molecule has 1 fully saturated rings. The van der Waals surface area contributed by atoms with Crippen LogP contribution in [0.5, 0.6) is 11.5 Å². The maximum Gasteiger partial charge on any atom is 0.266 e. The van der Waals surface area contributed by atoms with Crippen LogP contribution in [0.2, 0.25) is 0 Å². The van der Waals surface area contributed by atoms with Gasteiger partial charge in [0.05, 0.1) is 17.2 Å². The molecule has 6 nitrogen and oxygen atoms in total. The van der Waals surface area contributed by atoms with Gasteiger partial charge in [0.15, 0.2) is 0 Å². The molecule has 0 saturated carbocycles. The lowest BCUT2D eigenvalue weighted by atomic mass is 10.2. The summed E-state index contributed by atoms with van der Waals surface area (Å²) in [4.78, 5) is 26.6. The minimum absolute atomic E-state index is 0.0448. The summed E-state index contributed by atoms with van der Waals surface area (Å²) in [5.74, 6) is -0.0545. The number of aromatic hydroxyl groups is 1. The molecule has 2 aromatic carbocycles. The van der Waals surface area contributed by atoms with Crippen LogP contribution in [0.15, 0.2) is 53.4 Å². The molecule has 1 heterocycles.